The molecule has 5 heavy (non-hydrogen) atoms. The molecular formula is H2CoI3O. The summed E-state index contributed by atoms with van der Waals surface area (Å²) in [4.78, 5) is 0. The van der Waals surface area contributed by atoms with E-state index in [9.17, 15) is 0 Å². The van der Waals surface area contributed by atoms with Crippen molar-refractivity contribution in [2.75, 3.05) is 0 Å². The van der Waals surface area contributed by atoms with Crippen LogP contribution in [-0.2, 0) is 4.00 Å². The second-order valence-corrected chi connectivity index (χ2v) is 26.5. The first kappa shape index (κ1) is 10.6. The molecule has 0 aliphatic carbocycles. The first-order chi connectivity index (χ1) is 1.73. The molecular weight excluding hydrogens is 456 g/mol. The molecule has 0 unspecified atom stereocenters. The molecule has 0 atom stereocenters. The molecule has 0 bridgehead atoms. The van der Waals surface area contributed by atoms with Crippen LogP contribution in [-0.4, -0.2) is 5.48 Å². The predicted molar refractivity (Wildman–Crippen MR) is 45.7 cm³/mol. The third-order valence-electron chi connectivity index (χ3n) is 0. The van der Waals surface area contributed by atoms with Crippen molar-refractivity contribution in [3.05, 3.63) is 0 Å². The molecule has 0 aliphatic heterocycles. The Hall–Kier alpha value is 2.66. The van der Waals surface area contributed by atoms with Crippen LogP contribution in [0.5, 0.6) is 0 Å². The van der Waals surface area contributed by atoms with E-state index >= 15 is 0 Å². The SMILES string of the molecule is O.[I][Co]([I])[I]. The van der Waals surface area contributed by atoms with E-state index in [2.05, 4.69) is 61.2 Å². The number of hydrogen-bond donors (Lipinski definition) is 0. The fraction of sp³-hybridized carbons (Fsp3) is 0. The molecule has 0 rings (SSSR count). The monoisotopic (exact) mass is 458 g/mol. The Morgan fingerprint density at radius 2 is 1.00 bits per heavy atom. The summed E-state index contributed by atoms with van der Waals surface area (Å²) in [6, 6.07) is 0. The van der Waals surface area contributed by atoms with Gasteiger partial charge < -0.3 is 5.48 Å². The van der Waals surface area contributed by atoms with Crippen LogP contribution in [0.25, 0.3) is 0 Å². The van der Waals surface area contributed by atoms with Crippen LogP contribution in [0.15, 0.2) is 0 Å². The molecule has 0 saturated carbocycles. The van der Waals surface area contributed by atoms with E-state index in [-0.39, 0.29) is 5.48 Å². The van der Waals surface area contributed by atoms with Gasteiger partial charge in [-0.25, -0.2) is 0 Å². The zero-order valence-corrected chi connectivity index (χ0v) is 9.48. The summed E-state index contributed by atoms with van der Waals surface area (Å²) in [5.41, 5.74) is 0. The van der Waals surface area contributed by atoms with E-state index in [1.807, 2.05) is 0 Å². The average Bonchev–Trinajstić information content (AvgIpc) is 0.811. The Labute approximate surface area is 69.1 Å². The van der Waals surface area contributed by atoms with Gasteiger partial charge in [0, 0.05) is 0 Å². The van der Waals surface area contributed by atoms with Gasteiger partial charge in [-0.2, -0.15) is 0 Å². The van der Waals surface area contributed by atoms with Crippen LogP contribution in [0.1, 0.15) is 0 Å². The standard InChI is InChI=1S/Co.3HI.H2O/h;3*1H;1H2/q+3;;;;/p-3. The van der Waals surface area contributed by atoms with E-state index in [0.29, 0.717) is 4.00 Å². The van der Waals surface area contributed by atoms with Gasteiger partial charge in [0.25, 0.3) is 0 Å². The minimum absolute atomic E-state index is 0. The topological polar surface area (TPSA) is 31.5 Å². The summed E-state index contributed by atoms with van der Waals surface area (Å²) in [5.74, 6) is 0. The number of hydrogen-bond acceptors (Lipinski definition) is 0. The summed E-state index contributed by atoms with van der Waals surface area (Å²) >= 11 is 7.14. The minimum atomic E-state index is 0. The Kier molecular flexibility index (Phi) is 14.1. The van der Waals surface area contributed by atoms with Gasteiger partial charge in [-0.05, 0) is 0 Å². The molecule has 1 nitrogen and oxygen atoms in total. The van der Waals surface area contributed by atoms with Gasteiger partial charge in [-0.15, -0.1) is 0 Å². The van der Waals surface area contributed by atoms with Gasteiger partial charge in [-0.1, -0.05) is 0 Å². The van der Waals surface area contributed by atoms with Crippen LogP contribution in [0.3, 0.4) is 0 Å². The summed E-state index contributed by atoms with van der Waals surface area (Å²) in [6.07, 6.45) is 0. The molecule has 2 N–H and O–H groups in total. The molecule has 0 spiro atoms. The van der Waals surface area contributed by atoms with Gasteiger partial charge in [-0.3, -0.25) is 0 Å². The predicted octanol–water partition coefficient (Wildman–Crippen LogP) is 1.83. The molecule has 5 heteroatoms. The second kappa shape index (κ2) is 6.66. The summed E-state index contributed by atoms with van der Waals surface area (Å²) in [5, 5.41) is 0. The van der Waals surface area contributed by atoms with Crippen LogP contribution >= 0.6 is 61.2 Å². The van der Waals surface area contributed by atoms with Crippen molar-refractivity contribution in [2.45, 2.75) is 0 Å². The molecule has 0 aliphatic rings. The van der Waals surface area contributed by atoms with Crippen LogP contribution in [0.4, 0.5) is 0 Å². The first-order valence-electron chi connectivity index (χ1n) is 0.378. The Bertz CT molecular complexity index is 11.6. The van der Waals surface area contributed by atoms with Crippen LogP contribution in [0.2, 0.25) is 0 Å². The number of rotatable bonds is 0. The Morgan fingerprint density at radius 3 is 1.00 bits per heavy atom. The van der Waals surface area contributed by atoms with Crippen molar-refractivity contribution in [1.82, 2.24) is 0 Å². The van der Waals surface area contributed by atoms with Crippen molar-refractivity contribution < 1.29 is 9.48 Å². The molecule has 0 aromatic heterocycles. The Balaban J connectivity index is 0. The van der Waals surface area contributed by atoms with Crippen molar-refractivity contribution in [3.8, 4) is 0 Å². The quantitative estimate of drug-likeness (QED) is 0.497. The normalized spacial score (nSPS) is 9.00. The molecule has 0 heterocycles. The van der Waals surface area contributed by atoms with Crippen molar-refractivity contribution in [2.24, 2.45) is 0 Å². The third-order valence-corrected chi connectivity index (χ3v) is 0. The zero-order valence-electron chi connectivity index (χ0n) is 1.97. The van der Waals surface area contributed by atoms with Gasteiger partial charge in [0.1, 0.15) is 0 Å². The molecule has 0 amide bonds. The van der Waals surface area contributed by atoms with Crippen molar-refractivity contribution in [1.29, 1.82) is 0 Å². The van der Waals surface area contributed by atoms with Crippen LogP contribution < -0.4 is 0 Å². The van der Waals surface area contributed by atoms with Crippen molar-refractivity contribution >= 4 is 61.2 Å². The molecule has 0 radical (unpaired) electrons. The molecule has 0 aromatic carbocycles. The average molecular weight is 458 g/mol. The fourth-order valence-electron chi connectivity index (χ4n) is 0. The van der Waals surface area contributed by atoms with Crippen LogP contribution in [0, 0.1) is 0 Å². The zero-order chi connectivity index (χ0) is 3.58. The van der Waals surface area contributed by atoms with E-state index in [0.717, 1.165) is 0 Å². The maximum absolute atomic E-state index is 2.38. The number of halogens is 3. The van der Waals surface area contributed by atoms with E-state index in [1.165, 1.54) is 0 Å². The molecule has 0 aromatic rings. The van der Waals surface area contributed by atoms with Crippen molar-refractivity contribution in [3.63, 3.8) is 0 Å². The molecule has 38 valence electrons. The van der Waals surface area contributed by atoms with E-state index < -0.39 is 0 Å². The first-order valence-corrected chi connectivity index (χ1v) is 10.5. The Morgan fingerprint density at radius 1 is 1.00 bits per heavy atom. The molecule has 0 fully saturated rings. The van der Waals surface area contributed by atoms with Gasteiger partial charge >= 0.3 is 65.3 Å². The summed E-state index contributed by atoms with van der Waals surface area (Å²) in [6.45, 7) is 0. The van der Waals surface area contributed by atoms with Gasteiger partial charge in [0.15, 0.2) is 0 Å². The van der Waals surface area contributed by atoms with Gasteiger partial charge in [0.05, 0.1) is 0 Å². The summed E-state index contributed by atoms with van der Waals surface area (Å²) in [7, 11) is 0. The molecule has 0 saturated heterocycles. The second-order valence-electron chi connectivity index (χ2n) is 0.143. The summed E-state index contributed by atoms with van der Waals surface area (Å²) < 4.78 is 0.306. The fourth-order valence-corrected chi connectivity index (χ4v) is 0. The van der Waals surface area contributed by atoms with E-state index in [4.69, 9.17) is 0 Å². The maximum atomic E-state index is 2.38. The van der Waals surface area contributed by atoms with Gasteiger partial charge in [0.2, 0.25) is 0 Å². The third kappa shape index (κ3) is 20.5. The van der Waals surface area contributed by atoms with E-state index in [1.54, 1.807) is 0 Å².